The molecule has 3 heterocycles. The normalized spacial score (nSPS) is 13.4. The van der Waals surface area contributed by atoms with Crippen LogP contribution in [-0.4, -0.2) is 33.8 Å². The molecule has 0 spiro atoms. The molecule has 29 heavy (non-hydrogen) atoms. The molecule has 8 nitrogen and oxygen atoms in total. The lowest BCUT2D eigenvalue weighted by Gasteiger charge is -2.20. The lowest BCUT2D eigenvalue weighted by molar-refractivity contribution is 0.129. The summed E-state index contributed by atoms with van der Waals surface area (Å²) < 4.78 is 12.8. The van der Waals surface area contributed by atoms with Crippen molar-refractivity contribution in [2.24, 2.45) is 10.9 Å². The van der Waals surface area contributed by atoms with E-state index >= 15 is 0 Å². The summed E-state index contributed by atoms with van der Waals surface area (Å²) in [5.41, 5.74) is 9.40. The Morgan fingerprint density at radius 3 is 2.79 bits per heavy atom. The zero-order chi connectivity index (χ0) is 20.4. The molecule has 0 unspecified atom stereocenters. The topological polar surface area (TPSA) is 96.8 Å². The second-order valence-electron chi connectivity index (χ2n) is 6.60. The maximum absolute atomic E-state index is 6.23. The Morgan fingerprint density at radius 1 is 1.24 bits per heavy atom. The summed E-state index contributed by atoms with van der Waals surface area (Å²) in [4.78, 5) is 9.79. The van der Waals surface area contributed by atoms with E-state index in [1.165, 1.54) is 0 Å². The van der Waals surface area contributed by atoms with Crippen molar-refractivity contribution in [2.45, 2.75) is 20.5 Å². The van der Waals surface area contributed by atoms with Gasteiger partial charge in [-0.15, -0.1) is 0 Å². The highest BCUT2D eigenvalue weighted by molar-refractivity contribution is 6.32. The van der Waals surface area contributed by atoms with Crippen molar-refractivity contribution in [3.8, 4) is 17.3 Å². The van der Waals surface area contributed by atoms with E-state index in [4.69, 9.17) is 31.6 Å². The number of ether oxygens (including phenoxy) is 2. The molecule has 0 radical (unpaired) electrons. The second kappa shape index (κ2) is 8.00. The minimum Gasteiger partial charge on any atom is -0.486 e. The largest absolute Gasteiger partial charge is 0.486 e. The number of oxime groups is 1. The number of aryl methyl sites for hydroxylation is 2. The van der Waals surface area contributed by atoms with Gasteiger partial charge in [-0.1, -0.05) is 16.8 Å². The molecule has 2 aromatic heterocycles. The predicted octanol–water partition coefficient (Wildman–Crippen LogP) is 3.15. The Labute approximate surface area is 172 Å². The molecular weight excluding hydrogens is 394 g/mol. The highest BCUT2D eigenvalue weighted by atomic mass is 35.5. The quantitative estimate of drug-likeness (QED) is 0.392. The Balaban J connectivity index is 1.43. The van der Waals surface area contributed by atoms with Crippen molar-refractivity contribution < 1.29 is 14.3 Å². The zero-order valence-corrected chi connectivity index (χ0v) is 16.8. The molecule has 1 aliphatic heterocycles. The van der Waals surface area contributed by atoms with Crippen LogP contribution in [0, 0.1) is 13.8 Å². The molecule has 3 aromatic rings. The summed E-state index contributed by atoms with van der Waals surface area (Å²) in [6.07, 6.45) is 1.63. The number of hydrogen-bond donors (Lipinski definition) is 1. The number of pyridine rings is 1. The molecule has 0 saturated heterocycles. The number of fused-ring (bicyclic) bond motifs is 1. The van der Waals surface area contributed by atoms with E-state index in [0.717, 1.165) is 17.0 Å². The highest BCUT2D eigenvalue weighted by Crippen LogP contribution is 2.38. The van der Waals surface area contributed by atoms with Crippen molar-refractivity contribution in [2.75, 3.05) is 13.2 Å². The van der Waals surface area contributed by atoms with Gasteiger partial charge in [0.15, 0.2) is 23.2 Å². The van der Waals surface area contributed by atoms with Crippen molar-refractivity contribution in [1.29, 1.82) is 0 Å². The lowest BCUT2D eigenvalue weighted by Crippen LogP contribution is -2.16. The van der Waals surface area contributed by atoms with E-state index in [2.05, 4.69) is 15.2 Å². The summed E-state index contributed by atoms with van der Waals surface area (Å²) in [6, 6.07) is 9.21. The van der Waals surface area contributed by atoms with Crippen LogP contribution in [0.25, 0.3) is 5.82 Å². The van der Waals surface area contributed by atoms with Crippen LogP contribution in [0.3, 0.4) is 0 Å². The first-order valence-corrected chi connectivity index (χ1v) is 9.42. The van der Waals surface area contributed by atoms with Crippen LogP contribution in [0.4, 0.5) is 0 Å². The Morgan fingerprint density at radius 2 is 2.07 bits per heavy atom. The van der Waals surface area contributed by atoms with Gasteiger partial charge in [0.25, 0.3) is 0 Å². The predicted molar refractivity (Wildman–Crippen MR) is 109 cm³/mol. The third kappa shape index (κ3) is 4.12. The molecule has 1 aliphatic rings. The van der Waals surface area contributed by atoms with Crippen LogP contribution < -0.4 is 15.2 Å². The van der Waals surface area contributed by atoms with Crippen LogP contribution >= 0.6 is 11.6 Å². The molecule has 0 fully saturated rings. The number of benzene rings is 1. The van der Waals surface area contributed by atoms with E-state index in [0.29, 0.717) is 41.1 Å². The van der Waals surface area contributed by atoms with E-state index < -0.39 is 0 Å². The van der Waals surface area contributed by atoms with Gasteiger partial charge in [0.1, 0.15) is 19.8 Å². The third-order valence-electron chi connectivity index (χ3n) is 4.32. The lowest BCUT2D eigenvalue weighted by atomic mass is 10.2. The van der Waals surface area contributed by atoms with Gasteiger partial charge in [0, 0.05) is 17.5 Å². The number of hydrogen-bond acceptors (Lipinski definition) is 6. The molecule has 2 N–H and O–H groups in total. The third-order valence-corrected chi connectivity index (χ3v) is 4.60. The van der Waals surface area contributed by atoms with E-state index in [1.54, 1.807) is 16.9 Å². The van der Waals surface area contributed by atoms with E-state index in [9.17, 15) is 0 Å². The summed E-state index contributed by atoms with van der Waals surface area (Å²) in [6.45, 7) is 5.07. The molecule has 0 atom stereocenters. The van der Waals surface area contributed by atoms with Crippen molar-refractivity contribution in [1.82, 2.24) is 14.8 Å². The summed E-state index contributed by atoms with van der Waals surface area (Å²) in [7, 11) is 0. The van der Waals surface area contributed by atoms with Gasteiger partial charge in [-0.25, -0.2) is 9.67 Å². The number of nitrogens with zero attached hydrogens (tertiary/aromatic N) is 4. The Hall–Kier alpha value is -3.26. The van der Waals surface area contributed by atoms with Crippen LogP contribution in [0.5, 0.6) is 11.5 Å². The zero-order valence-electron chi connectivity index (χ0n) is 16.1. The van der Waals surface area contributed by atoms with Crippen molar-refractivity contribution in [3.05, 3.63) is 64.1 Å². The Kier molecular flexibility index (Phi) is 5.26. The van der Waals surface area contributed by atoms with Gasteiger partial charge in [0.2, 0.25) is 0 Å². The molecule has 0 bridgehead atoms. The van der Waals surface area contributed by atoms with Crippen LogP contribution in [0.2, 0.25) is 5.02 Å². The van der Waals surface area contributed by atoms with Gasteiger partial charge in [-0.2, -0.15) is 5.10 Å². The molecule has 0 amide bonds. The summed E-state index contributed by atoms with van der Waals surface area (Å²) in [5.74, 6) is 2.08. The minimum atomic E-state index is 0.189. The average molecular weight is 414 g/mol. The van der Waals surface area contributed by atoms with Crippen LogP contribution in [0.1, 0.15) is 22.5 Å². The molecule has 0 aliphatic carbocycles. The first-order valence-electron chi connectivity index (χ1n) is 9.05. The maximum atomic E-state index is 6.23. The van der Waals surface area contributed by atoms with Crippen LogP contribution in [0.15, 0.2) is 41.7 Å². The van der Waals surface area contributed by atoms with Crippen molar-refractivity contribution >= 4 is 17.4 Å². The SMILES string of the molecule is Cc1cc(C)n(-c2ccc(/C(N)=N/OCc3cc(Cl)c4c(c3)OCCO4)cn2)n1. The number of halogens is 1. The van der Waals surface area contributed by atoms with E-state index in [1.807, 2.05) is 38.1 Å². The number of aromatic nitrogens is 3. The van der Waals surface area contributed by atoms with Gasteiger partial charge in [-0.3, -0.25) is 0 Å². The monoisotopic (exact) mass is 413 g/mol. The molecule has 150 valence electrons. The first-order chi connectivity index (χ1) is 14.0. The van der Waals surface area contributed by atoms with Gasteiger partial charge >= 0.3 is 0 Å². The minimum absolute atomic E-state index is 0.189. The maximum Gasteiger partial charge on any atom is 0.179 e. The second-order valence-corrected chi connectivity index (χ2v) is 7.00. The number of rotatable bonds is 5. The number of amidine groups is 1. The molecule has 0 saturated carbocycles. The smallest absolute Gasteiger partial charge is 0.179 e. The van der Waals surface area contributed by atoms with Gasteiger partial charge in [0.05, 0.1) is 10.7 Å². The Bertz CT molecular complexity index is 1060. The number of nitrogens with two attached hydrogens (primary N) is 1. The molecular formula is C20H20ClN5O3. The van der Waals surface area contributed by atoms with Gasteiger partial charge in [-0.05, 0) is 49.7 Å². The van der Waals surface area contributed by atoms with E-state index in [-0.39, 0.29) is 12.4 Å². The summed E-state index contributed by atoms with van der Waals surface area (Å²) >= 11 is 6.23. The molecule has 4 rings (SSSR count). The van der Waals surface area contributed by atoms with Gasteiger partial charge < -0.3 is 20.0 Å². The fraction of sp³-hybridized carbons (Fsp3) is 0.250. The molecule has 9 heteroatoms. The average Bonchev–Trinajstić information content (AvgIpc) is 3.06. The first kappa shape index (κ1) is 19.1. The standard InChI is InChI=1S/C20H20ClN5O3/c1-12-7-13(2)26(24-12)18-4-3-15(10-23-18)20(22)25-29-11-14-8-16(21)19-17(9-14)27-5-6-28-19/h3-4,7-10H,5-6,11H2,1-2H3,(H2,22,25). The van der Waals surface area contributed by atoms with Crippen LogP contribution in [-0.2, 0) is 11.4 Å². The summed E-state index contributed by atoms with van der Waals surface area (Å²) in [5, 5.41) is 8.86. The highest BCUT2D eigenvalue weighted by Gasteiger charge is 2.16. The fourth-order valence-electron chi connectivity index (χ4n) is 3.00. The van der Waals surface area contributed by atoms with Crippen molar-refractivity contribution in [3.63, 3.8) is 0 Å². The fourth-order valence-corrected chi connectivity index (χ4v) is 3.29. The molecule has 1 aromatic carbocycles.